The highest BCUT2D eigenvalue weighted by Crippen LogP contribution is 2.31. The molecule has 186 valence electrons. The van der Waals surface area contributed by atoms with Crippen molar-refractivity contribution >= 4 is 29.3 Å². The first-order valence-electron chi connectivity index (χ1n) is 10.6. The van der Waals surface area contributed by atoms with E-state index in [4.69, 9.17) is 9.47 Å². The molecule has 2 N–H and O–H groups in total. The topological polar surface area (TPSA) is 115 Å². The van der Waals surface area contributed by atoms with Gasteiger partial charge in [0.25, 0.3) is 5.79 Å². The first kappa shape index (κ1) is 24.6. The predicted molar refractivity (Wildman–Crippen MR) is 123 cm³/mol. The highest BCUT2D eigenvalue weighted by Gasteiger charge is 2.39. The highest BCUT2D eigenvalue weighted by atomic mass is 19.4. The Morgan fingerprint density at radius 3 is 2.36 bits per heavy atom. The number of halogens is 3. The minimum absolute atomic E-state index is 0.187. The van der Waals surface area contributed by atoms with Gasteiger partial charge in [0.2, 0.25) is 0 Å². The van der Waals surface area contributed by atoms with Crippen molar-refractivity contribution in [1.82, 2.24) is 15.0 Å². The average Bonchev–Trinajstić information content (AvgIpc) is 2.79. The van der Waals surface area contributed by atoms with Gasteiger partial charge in [0.15, 0.2) is 5.57 Å². The van der Waals surface area contributed by atoms with Gasteiger partial charge in [-0.25, -0.2) is 24.5 Å². The van der Waals surface area contributed by atoms with E-state index >= 15 is 0 Å². The monoisotopic (exact) mass is 499 g/mol. The molecule has 0 spiro atoms. The number of esters is 2. The van der Waals surface area contributed by atoms with Crippen LogP contribution in [0.15, 0.2) is 60.7 Å². The number of cyclic esters (lactones) is 2. The van der Waals surface area contributed by atoms with Crippen LogP contribution in [0.4, 0.5) is 30.5 Å². The average molecular weight is 499 g/mol. The summed E-state index contributed by atoms with van der Waals surface area (Å²) in [5, 5.41) is 5.78. The largest absolute Gasteiger partial charge is 0.419 e. The Hall–Kier alpha value is -4.48. The first-order valence-corrected chi connectivity index (χ1v) is 10.6. The molecule has 1 fully saturated rings. The Kier molecular flexibility index (Phi) is 6.35. The number of carbonyl (C=O) groups is 2. The van der Waals surface area contributed by atoms with Crippen LogP contribution in [0, 0.1) is 6.92 Å². The SMILES string of the molecule is Cc1c(Nc2ccc(C(F)(F)F)cn2)ncnc1-c1cccc(NC=C2C(=O)OC(C)(C)OC2=O)c1. The summed E-state index contributed by atoms with van der Waals surface area (Å²) in [5.41, 5.74) is 1.25. The van der Waals surface area contributed by atoms with Gasteiger partial charge in [-0.3, -0.25) is 0 Å². The highest BCUT2D eigenvalue weighted by molar-refractivity contribution is 6.15. The zero-order chi connectivity index (χ0) is 26.1. The third-order valence-corrected chi connectivity index (χ3v) is 5.06. The van der Waals surface area contributed by atoms with E-state index in [2.05, 4.69) is 25.6 Å². The number of nitrogens with zero attached hydrogens (tertiary/aromatic N) is 3. The zero-order valence-electron chi connectivity index (χ0n) is 19.3. The fourth-order valence-electron chi connectivity index (χ4n) is 3.31. The number of anilines is 3. The number of pyridine rings is 1. The van der Waals surface area contributed by atoms with Gasteiger partial charge in [0.1, 0.15) is 18.0 Å². The maximum absolute atomic E-state index is 12.8. The Morgan fingerprint density at radius 1 is 1.00 bits per heavy atom. The van der Waals surface area contributed by atoms with E-state index in [1.807, 2.05) is 0 Å². The van der Waals surface area contributed by atoms with E-state index in [1.165, 1.54) is 32.4 Å². The molecular weight excluding hydrogens is 479 g/mol. The van der Waals surface area contributed by atoms with Crippen LogP contribution in [-0.4, -0.2) is 32.7 Å². The molecular formula is C24H20F3N5O4. The predicted octanol–water partition coefficient (Wildman–Crippen LogP) is 4.74. The van der Waals surface area contributed by atoms with Crippen molar-refractivity contribution in [2.75, 3.05) is 10.6 Å². The lowest BCUT2D eigenvalue weighted by Crippen LogP contribution is -2.42. The third kappa shape index (κ3) is 5.43. The Labute approximate surface area is 203 Å². The number of carbonyl (C=O) groups excluding carboxylic acids is 2. The lowest BCUT2D eigenvalue weighted by atomic mass is 10.1. The molecule has 1 saturated heterocycles. The second-order valence-corrected chi connectivity index (χ2v) is 8.21. The molecule has 36 heavy (non-hydrogen) atoms. The van der Waals surface area contributed by atoms with Crippen LogP contribution >= 0.6 is 0 Å². The molecule has 2 aromatic heterocycles. The molecule has 4 rings (SSSR count). The summed E-state index contributed by atoms with van der Waals surface area (Å²) < 4.78 is 48.5. The minimum Gasteiger partial charge on any atom is -0.419 e. The molecule has 0 atom stereocenters. The van der Waals surface area contributed by atoms with E-state index in [-0.39, 0.29) is 11.4 Å². The number of ether oxygens (including phenoxy) is 2. The Balaban J connectivity index is 1.54. The smallest absolute Gasteiger partial charge is 0.417 e. The fraction of sp³-hybridized carbons (Fsp3) is 0.208. The number of hydrogen-bond acceptors (Lipinski definition) is 9. The van der Waals surface area contributed by atoms with Crippen LogP contribution in [0.2, 0.25) is 0 Å². The second-order valence-electron chi connectivity index (χ2n) is 8.21. The summed E-state index contributed by atoms with van der Waals surface area (Å²) in [4.78, 5) is 36.5. The van der Waals surface area contributed by atoms with Gasteiger partial charge in [-0.1, -0.05) is 12.1 Å². The molecule has 1 aliphatic heterocycles. The lowest BCUT2D eigenvalue weighted by molar-refractivity contribution is -0.222. The van der Waals surface area contributed by atoms with Crippen molar-refractivity contribution in [3.05, 3.63) is 71.8 Å². The molecule has 1 aliphatic rings. The molecule has 9 nitrogen and oxygen atoms in total. The fourth-order valence-corrected chi connectivity index (χ4v) is 3.31. The normalized spacial score (nSPS) is 15.1. The number of alkyl halides is 3. The van der Waals surface area contributed by atoms with E-state index in [0.717, 1.165) is 12.3 Å². The summed E-state index contributed by atoms with van der Waals surface area (Å²) in [6.07, 6.45) is -1.23. The Morgan fingerprint density at radius 2 is 1.72 bits per heavy atom. The van der Waals surface area contributed by atoms with Crippen molar-refractivity contribution in [1.29, 1.82) is 0 Å². The maximum atomic E-state index is 12.8. The molecule has 0 radical (unpaired) electrons. The summed E-state index contributed by atoms with van der Waals surface area (Å²) in [5.74, 6) is -2.40. The molecule has 0 saturated carbocycles. The third-order valence-electron chi connectivity index (χ3n) is 5.06. The van der Waals surface area contributed by atoms with Gasteiger partial charge in [-0.2, -0.15) is 13.2 Å². The van der Waals surface area contributed by atoms with Crippen LogP contribution in [0.1, 0.15) is 25.0 Å². The van der Waals surface area contributed by atoms with Crippen LogP contribution in [-0.2, 0) is 25.2 Å². The number of benzene rings is 1. The summed E-state index contributed by atoms with van der Waals surface area (Å²) in [6, 6.07) is 9.11. The molecule has 0 unspecified atom stereocenters. The van der Waals surface area contributed by atoms with Gasteiger partial charge in [0.05, 0.1) is 11.3 Å². The van der Waals surface area contributed by atoms with E-state index in [9.17, 15) is 22.8 Å². The lowest BCUT2D eigenvalue weighted by Gasteiger charge is -2.29. The van der Waals surface area contributed by atoms with Gasteiger partial charge in [-0.05, 0) is 31.2 Å². The van der Waals surface area contributed by atoms with Gasteiger partial charge in [0, 0.05) is 43.1 Å². The number of hydrogen-bond donors (Lipinski definition) is 2. The van der Waals surface area contributed by atoms with E-state index < -0.39 is 29.5 Å². The zero-order valence-corrected chi connectivity index (χ0v) is 19.3. The van der Waals surface area contributed by atoms with Crippen molar-refractivity contribution in [2.45, 2.75) is 32.7 Å². The van der Waals surface area contributed by atoms with Crippen molar-refractivity contribution < 1.29 is 32.2 Å². The Bertz CT molecular complexity index is 1330. The van der Waals surface area contributed by atoms with Gasteiger partial charge >= 0.3 is 18.1 Å². The van der Waals surface area contributed by atoms with E-state index in [1.54, 1.807) is 31.2 Å². The number of rotatable bonds is 5. The van der Waals surface area contributed by atoms with Gasteiger partial charge in [-0.15, -0.1) is 0 Å². The molecule has 0 aliphatic carbocycles. The van der Waals surface area contributed by atoms with Crippen LogP contribution in [0.3, 0.4) is 0 Å². The quantitative estimate of drug-likeness (QED) is 0.292. The van der Waals surface area contributed by atoms with Gasteiger partial charge < -0.3 is 20.1 Å². The van der Waals surface area contributed by atoms with Crippen LogP contribution < -0.4 is 10.6 Å². The maximum Gasteiger partial charge on any atom is 0.417 e. The second kappa shape index (κ2) is 9.29. The first-order chi connectivity index (χ1) is 16.9. The van der Waals surface area contributed by atoms with Crippen molar-refractivity contribution in [3.8, 4) is 11.3 Å². The molecule has 0 bridgehead atoms. The van der Waals surface area contributed by atoms with Crippen LogP contribution in [0.25, 0.3) is 11.3 Å². The van der Waals surface area contributed by atoms with Crippen molar-refractivity contribution in [2.24, 2.45) is 0 Å². The standard InChI is InChI=1S/C24H20F3N5O4/c1-13-19(30-12-31-20(13)32-18-8-7-15(10-29-18)24(25,26)27)14-5-4-6-16(9-14)28-11-17-21(33)35-23(2,3)36-22(17)34/h4-12,28H,1-3H3,(H,29,30,31,32). The van der Waals surface area contributed by atoms with E-state index in [0.29, 0.717) is 28.3 Å². The van der Waals surface area contributed by atoms with Crippen LogP contribution in [0.5, 0.6) is 0 Å². The molecule has 3 aromatic rings. The summed E-state index contributed by atoms with van der Waals surface area (Å²) >= 11 is 0. The molecule has 3 heterocycles. The molecule has 0 amide bonds. The summed E-state index contributed by atoms with van der Waals surface area (Å²) in [7, 11) is 0. The van der Waals surface area contributed by atoms with Crippen molar-refractivity contribution in [3.63, 3.8) is 0 Å². The number of aromatic nitrogens is 3. The number of nitrogens with one attached hydrogen (secondary N) is 2. The molecule has 12 heteroatoms. The summed E-state index contributed by atoms with van der Waals surface area (Å²) in [6.45, 7) is 4.66. The molecule has 1 aromatic carbocycles. The minimum atomic E-state index is -4.48.